The van der Waals surface area contributed by atoms with Crippen LogP contribution in [0.3, 0.4) is 0 Å². The van der Waals surface area contributed by atoms with Gasteiger partial charge in [-0.1, -0.05) is 18.2 Å². The lowest BCUT2D eigenvalue weighted by atomic mass is 10.2. The molecule has 0 saturated heterocycles. The Hall–Kier alpha value is -2.29. The Kier molecular flexibility index (Phi) is 4.56. The molecule has 98 valence electrons. The van der Waals surface area contributed by atoms with Crippen molar-refractivity contribution in [3.63, 3.8) is 0 Å². The molecule has 0 bridgehead atoms. The van der Waals surface area contributed by atoms with Crippen LogP contribution in [0.2, 0.25) is 0 Å². The second-order valence-corrected chi connectivity index (χ2v) is 4.47. The molecule has 0 aliphatic heterocycles. The molecule has 2 rings (SSSR count). The first-order chi connectivity index (χ1) is 9.24. The zero-order valence-electron chi connectivity index (χ0n) is 11.2. The third-order valence-electron chi connectivity index (χ3n) is 2.43. The lowest BCUT2D eigenvalue weighted by molar-refractivity contribution is 0.242. The predicted octanol–water partition coefficient (Wildman–Crippen LogP) is 3.92. The first kappa shape index (κ1) is 13.1. The van der Waals surface area contributed by atoms with Crippen molar-refractivity contribution in [2.24, 2.45) is 5.10 Å². The smallest absolute Gasteiger partial charge is 0.119 e. The summed E-state index contributed by atoms with van der Waals surface area (Å²) in [6.45, 7) is 4.03. The molecule has 3 heteroatoms. The number of anilines is 1. The van der Waals surface area contributed by atoms with Crippen molar-refractivity contribution in [1.29, 1.82) is 0 Å². The molecule has 2 aromatic carbocycles. The van der Waals surface area contributed by atoms with Gasteiger partial charge < -0.3 is 4.74 Å². The summed E-state index contributed by atoms with van der Waals surface area (Å²) in [4.78, 5) is 0. The van der Waals surface area contributed by atoms with Crippen molar-refractivity contribution >= 4 is 11.9 Å². The summed E-state index contributed by atoms with van der Waals surface area (Å²) < 4.78 is 5.58. The highest BCUT2D eigenvalue weighted by atomic mass is 16.5. The van der Waals surface area contributed by atoms with Crippen LogP contribution < -0.4 is 10.2 Å². The number of benzene rings is 2. The number of ether oxygens (including phenoxy) is 1. The number of hydrogen-bond acceptors (Lipinski definition) is 3. The Balaban J connectivity index is 1.92. The van der Waals surface area contributed by atoms with Gasteiger partial charge in [0.15, 0.2) is 0 Å². The maximum Gasteiger partial charge on any atom is 0.119 e. The number of nitrogens with one attached hydrogen (secondary N) is 1. The SMILES string of the molecule is CC(C)Oc1ccc(C=NNc2ccccc2)cc1. The minimum absolute atomic E-state index is 0.194. The van der Waals surface area contributed by atoms with Crippen LogP contribution >= 0.6 is 0 Å². The molecular weight excluding hydrogens is 236 g/mol. The highest BCUT2D eigenvalue weighted by molar-refractivity contribution is 5.80. The summed E-state index contributed by atoms with van der Waals surface area (Å²) in [5.74, 6) is 0.878. The Labute approximate surface area is 113 Å². The summed E-state index contributed by atoms with van der Waals surface area (Å²) in [5, 5.41) is 4.19. The molecular formula is C16H18N2O. The van der Waals surface area contributed by atoms with Gasteiger partial charge in [-0.05, 0) is 55.8 Å². The average Bonchev–Trinajstić information content (AvgIpc) is 2.41. The molecule has 0 spiro atoms. The van der Waals surface area contributed by atoms with E-state index in [1.54, 1.807) is 6.21 Å². The van der Waals surface area contributed by atoms with E-state index >= 15 is 0 Å². The third-order valence-corrected chi connectivity index (χ3v) is 2.43. The Bertz CT molecular complexity index is 518. The van der Waals surface area contributed by atoms with Gasteiger partial charge in [0.05, 0.1) is 18.0 Å². The number of hydrazone groups is 1. The highest BCUT2D eigenvalue weighted by Gasteiger charge is 1.96. The molecule has 0 radical (unpaired) electrons. The number of rotatable bonds is 5. The maximum absolute atomic E-state index is 5.58. The van der Waals surface area contributed by atoms with Gasteiger partial charge in [-0.15, -0.1) is 0 Å². The lowest BCUT2D eigenvalue weighted by Crippen LogP contribution is -2.05. The molecule has 0 aromatic heterocycles. The zero-order chi connectivity index (χ0) is 13.5. The molecule has 0 fully saturated rings. The average molecular weight is 254 g/mol. The van der Waals surface area contributed by atoms with E-state index in [9.17, 15) is 0 Å². The van der Waals surface area contributed by atoms with E-state index in [2.05, 4.69) is 10.5 Å². The van der Waals surface area contributed by atoms with Crippen molar-refractivity contribution in [1.82, 2.24) is 0 Å². The van der Waals surface area contributed by atoms with Gasteiger partial charge in [-0.3, -0.25) is 5.43 Å². The molecule has 0 saturated carbocycles. The van der Waals surface area contributed by atoms with E-state index in [1.807, 2.05) is 68.4 Å². The molecule has 1 N–H and O–H groups in total. The van der Waals surface area contributed by atoms with Gasteiger partial charge >= 0.3 is 0 Å². The van der Waals surface area contributed by atoms with E-state index in [4.69, 9.17) is 4.74 Å². The summed E-state index contributed by atoms with van der Waals surface area (Å²) in [7, 11) is 0. The minimum Gasteiger partial charge on any atom is -0.491 e. The van der Waals surface area contributed by atoms with Crippen LogP contribution in [-0.2, 0) is 0 Å². The first-order valence-corrected chi connectivity index (χ1v) is 6.35. The zero-order valence-corrected chi connectivity index (χ0v) is 11.2. The molecule has 0 unspecified atom stereocenters. The summed E-state index contributed by atoms with van der Waals surface area (Å²) in [6, 6.07) is 17.7. The van der Waals surface area contributed by atoms with Gasteiger partial charge in [0.25, 0.3) is 0 Å². The first-order valence-electron chi connectivity index (χ1n) is 6.35. The molecule has 0 aliphatic rings. The number of hydrogen-bond donors (Lipinski definition) is 1. The van der Waals surface area contributed by atoms with Crippen molar-refractivity contribution in [3.05, 3.63) is 60.2 Å². The van der Waals surface area contributed by atoms with Gasteiger partial charge in [0.2, 0.25) is 0 Å². The third kappa shape index (κ3) is 4.47. The summed E-state index contributed by atoms with van der Waals surface area (Å²) >= 11 is 0. The van der Waals surface area contributed by atoms with E-state index in [0.717, 1.165) is 17.0 Å². The van der Waals surface area contributed by atoms with Crippen molar-refractivity contribution in [2.75, 3.05) is 5.43 Å². The van der Waals surface area contributed by atoms with Crippen molar-refractivity contribution in [3.8, 4) is 5.75 Å². The molecule has 0 amide bonds. The standard InChI is InChI=1S/C16H18N2O/c1-13(2)19-16-10-8-14(9-11-16)12-17-18-15-6-4-3-5-7-15/h3-13,18H,1-2H3. The predicted molar refractivity (Wildman–Crippen MR) is 79.9 cm³/mol. The van der Waals surface area contributed by atoms with Crippen LogP contribution in [0, 0.1) is 0 Å². The quantitative estimate of drug-likeness (QED) is 0.648. The Morgan fingerprint density at radius 3 is 2.32 bits per heavy atom. The highest BCUT2D eigenvalue weighted by Crippen LogP contribution is 2.13. The van der Waals surface area contributed by atoms with Crippen molar-refractivity contribution in [2.45, 2.75) is 20.0 Å². The molecule has 0 aliphatic carbocycles. The molecule has 3 nitrogen and oxygen atoms in total. The topological polar surface area (TPSA) is 33.6 Å². The van der Waals surface area contributed by atoms with Crippen LogP contribution in [0.1, 0.15) is 19.4 Å². The van der Waals surface area contributed by atoms with Gasteiger partial charge in [0, 0.05) is 0 Å². The van der Waals surface area contributed by atoms with E-state index in [-0.39, 0.29) is 6.10 Å². The Morgan fingerprint density at radius 1 is 1.00 bits per heavy atom. The normalized spacial score (nSPS) is 10.9. The molecule has 0 atom stereocenters. The maximum atomic E-state index is 5.58. The fourth-order valence-electron chi connectivity index (χ4n) is 1.60. The van der Waals surface area contributed by atoms with Crippen LogP contribution in [0.5, 0.6) is 5.75 Å². The summed E-state index contributed by atoms with van der Waals surface area (Å²) in [6.07, 6.45) is 1.98. The molecule has 2 aromatic rings. The van der Waals surface area contributed by atoms with Crippen molar-refractivity contribution < 1.29 is 4.74 Å². The van der Waals surface area contributed by atoms with E-state index in [1.165, 1.54) is 0 Å². The fraction of sp³-hybridized carbons (Fsp3) is 0.188. The van der Waals surface area contributed by atoms with Gasteiger partial charge in [-0.25, -0.2) is 0 Å². The second kappa shape index (κ2) is 6.59. The Morgan fingerprint density at radius 2 is 1.68 bits per heavy atom. The lowest BCUT2D eigenvalue weighted by Gasteiger charge is -2.09. The molecule has 0 heterocycles. The monoisotopic (exact) mass is 254 g/mol. The van der Waals surface area contributed by atoms with E-state index in [0.29, 0.717) is 0 Å². The fourth-order valence-corrected chi connectivity index (χ4v) is 1.60. The van der Waals surface area contributed by atoms with Gasteiger partial charge in [-0.2, -0.15) is 5.10 Å². The molecule has 19 heavy (non-hydrogen) atoms. The van der Waals surface area contributed by atoms with E-state index < -0.39 is 0 Å². The summed E-state index contributed by atoms with van der Waals surface area (Å²) in [5.41, 5.74) is 4.98. The van der Waals surface area contributed by atoms with Crippen LogP contribution in [0.15, 0.2) is 59.7 Å². The van der Waals surface area contributed by atoms with Crippen LogP contribution in [0.4, 0.5) is 5.69 Å². The van der Waals surface area contributed by atoms with Crippen LogP contribution in [-0.4, -0.2) is 12.3 Å². The number of nitrogens with zero attached hydrogens (tertiary/aromatic N) is 1. The van der Waals surface area contributed by atoms with Gasteiger partial charge in [0.1, 0.15) is 5.75 Å². The van der Waals surface area contributed by atoms with Crippen LogP contribution in [0.25, 0.3) is 0 Å². The second-order valence-electron chi connectivity index (χ2n) is 4.47. The largest absolute Gasteiger partial charge is 0.491 e. The number of para-hydroxylation sites is 1. The minimum atomic E-state index is 0.194.